The molecule has 0 fully saturated rings. The third kappa shape index (κ3) is 3.46. The van der Waals surface area contributed by atoms with Gasteiger partial charge in [0, 0.05) is 11.1 Å². The fourth-order valence-corrected chi connectivity index (χ4v) is 6.75. The zero-order valence-electron chi connectivity index (χ0n) is 17.6. The molecule has 152 valence electrons. The summed E-state index contributed by atoms with van der Waals surface area (Å²) in [5.74, 6) is 0. The van der Waals surface area contributed by atoms with Crippen LogP contribution in [0.25, 0.3) is 21.5 Å². The molecule has 0 bridgehead atoms. The van der Waals surface area contributed by atoms with Crippen molar-refractivity contribution in [1.82, 2.24) is 0 Å². The first-order chi connectivity index (χ1) is 13.7. The Bertz CT molecular complexity index is 1350. The summed E-state index contributed by atoms with van der Waals surface area (Å²) < 4.78 is 68.7. The minimum absolute atomic E-state index is 0. The van der Waals surface area contributed by atoms with Crippen LogP contribution in [0.4, 0.5) is 0 Å². The Balaban J connectivity index is 0.00000171. The summed E-state index contributed by atoms with van der Waals surface area (Å²) in [6, 6.07) is 22.0. The van der Waals surface area contributed by atoms with Gasteiger partial charge in [-0.15, -0.1) is 0 Å². The van der Waals surface area contributed by atoms with Gasteiger partial charge in [-0.1, -0.05) is 84.9 Å². The predicted molar refractivity (Wildman–Crippen MR) is 120 cm³/mol. The predicted octanol–water partition coefficient (Wildman–Crippen LogP) is 3.81. The largest absolute Gasteiger partial charge is 2.00 e. The third-order valence-electron chi connectivity index (χ3n) is 5.01. The molecule has 0 aliphatic rings. The van der Waals surface area contributed by atoms with Crippen molar-refractivity contribution in [2.24, 2.45) is 0 Å². The molecule has 0 atom stereocenters. The summed E-state index contributed by atoms with van der Waals surface area (Å²) in [4.78, 5) is 0. The average Bonchev–Trinajstić information content (AvgIpc) is 2.67. The molecule has 0 spiro atoms. The standard InChI is InChI=1S/C21H16O6S2.Ca.2H/c22-28(23,24)21(29(25,26)27,19-13-5-9-15-7-1-3-11-17(15)19)20-14-6-10-16-8-2-4-12-18(16)20;;;/h1-14H,(H,22,23,24)(H,25,26,27);;;/q;+2;2*-1. The van der Waals surface area contributed by atoms with E-state index in [1.807, 2.05) is 0 Å². The van der Waals surface area contributed by atoms with Crippen LogP contribution in [-0.2, 0) is 24.3 Å². The maximum absolute atomic E-state index is 12.8. The van der Waals surface area contributed by atoms with Gasteiger partial charge in [-0.2, -0.15) is 16.8 Å². The Kier molecular flexibility index (Phi) is 6.33. The zero-order chi connectivity index (χ0) is 20.9. The Morgan fingerprint density at radius 3 is 1.27 bits per heavy atom. The van der Waals surface area contributed by atoms with Crippen LogP contribution in [0.15, 0.2) is 84.9 Å². The van der Waals surface area contributed by atoms with Crippen molar-refractivity contribution < 1.29 is 28.8 Å². The monoisotopic (exact) mass is 470 g/mol. The minimum atomic E-state index is -5.41. The molecule has 6 nitrogen and oxygen atoms in total. The summed E-state index contributed by atoms with van der Waals surface area (Å²) in [6.45, 7) is 0. The second-order valence-electron chi connectivity index (χ2n) is 6.62. The van der Waals surface area contributed by atoms with E-state index in [1.54, 1.807) is 60.7 Å². The van der Waals surface area contributed by atoms with Crippen molar-refractivity contribution in [3.05, 3.63) is 96.1 Å². The number of hydrogen-bond donors (Lipinski definition) is 2. The minimum Gasteiger partial charge on any atom is -1.00 e. The van der Waals surface area contributed by atoms with E-state index < -0.39 is 24.3 Å². The maximum atomic E-state index is 12.8. The van der Waals surface area contributed by atoms with Crippen molar-refractivity contribution in [2.45, 2.75) is 4.08 Å². The van der Waals surface area contributed by atoms with Gasteiger partial charge in [0.15, 0.2) is 0 Å². The summed E-state index contributed by atoms with van der Waals surface area (Å²) >= 11 is 0. The van der Waals surface area contributed by atoms with Crippen molar-refractivity contribution in [2.75, 3.05) is 0 Å². The molecule has 0 radical (unpaired) electrons. The van der Waals surface area contributed by atoms with Gasteiger partial charge < -0.3 is 2.85 Å². The first-order valence-electron chi connectivity index (χ1n) is 8.58. The SMILES string of the molecule is O=S(=O)(O)C(c1cccc2ccccc12)(c1cccc2ccccc12)S(=O)(=O)O.[Ca+2].[H-].[H-]. The molecule has 0 unspecified atom stereocenters. The molecule has 4 aromatic carbocycles. The third-order valence-corrected chi connectivity index (χ3v) is 8.61. The quantitative estimate of drug-likeness (QED) is 0.347. The molecule has 4 aromatic rings. The zero-order valence-corrected chi connectivity index (χ0v) is 19.5. The van der Waals surface area contributed by atoms with Crippen LogP contribution in [0, 0.1) is 0 Å². The van der Waals surface area contributed by atoms with Crippen LogP contribution < -0.4 is 0 Å². The number of hydrogen-bond acceptors (Lipinski definition) is 4. The van der Waals surface area contributed by atoms with Crippen LogP contribution in [0.5, 0.6) is 0 Å². The van der Waals surface area contributed by atoms with Crippen LogP contribution in [0.1, 0.15) is 14.0 Å². The van der Waals surface area contributed by atoms with Crippen molar-refractivity contribution >= 4 is 79.5 Å². The van der Waals surface area contributed by atoms with E-state index in [4.69, 9.17) is 0 Å². The van der Waals surface area contributed by atoms with Crippen LogP contribution in [0.3, 0.4) is 0 Å². The molecule has 9 heteroatoms. The van der Waals surface area contributed by atoms with E-state index in [9.17, 15) is 25.9 Å². The summed E-state index contributed by atoms with van der Waals surface area (Å²) in [5, 5.41) is 1.67. The van der Waals surface area contributed by atoms with E-state index in [0.717, 1.165) is 0 Å². The Hall–Kier alpha value is -1.52. The molecule has 0 amide bonds. The van der Waals surface area contributed by atoms with Gasteiger partial charge >= 0.3 is 37.7 Å². The Morgan fingerprint density at radius 1 is 0.567 bits per heavy atom. The van der Waals surface area contributed by atoms with Gasteiger partial charge in [-0.25, -0.2) is 0 Å². The molecule has 0 saturated heterocycles. The summed E-state index contributed by atoms with van der Waals surface area (Å²) in [5.41, 5.74) is -0.506. The van der Waals surface area contributed by atoms with Crippen molar-refractivity contribution in [3.8, 4) is 0 Å². The van der Waals surface area contributed by atoms with Crippen LogP contribution in [-0.4, -0.2) is 63.7 Å². The second-order valence-corrected chi connectivity index (χ2v) is 10.0. The van der Waals surface area contributed by atoms with E-state index in [2.05, 4.69) is 0 Å². The smallest absolute Gasteiger partial charge is 1.00 e. The van der Waals surface area contributed by atoms with Crippen LogP contribution in [0.2, 0.25) is 0 Å². The normalized spacial score (nSPS) is 12.6. The summed E-state index contributed by atoms with van der Waals surface area (Å²) in [7, 11) is -10.8. The van der Waals surface area contributed by atoms with E-state index >= 15 is 0 Å². The number of fused-ring (bicyclic) bond motifs is 2. The number of benzene rings is 4. The average molecular weight is 471 g/mol. The topological polar surface area (TPSA) is 109 Å². The second kappa shape index (κ2) is 8.20. The maximum Gasteiger partial charge on any atom is 2.00 e. The molecule has 0 aromatic heterocycles. The molecular weight excluding hydrogens is 452 g/mol. The molecule has 0 aliphatic carbocycles. The van der Waals surface area contributed by atoms with Gasteiger partial charge in [-0.05, 0) is 21.5 Å². The van der Waals surface area contributed by atoms with Gasteiger partial charge in [0.25, 0.3) is 24.3 Å². The van der Waals surface area contributed by atoms with E-state index in [0.29, 0.717) is 10.8 Å². The fourth-order valence-electron chi connectivity index (χ4n) is 3.86. The molecule has 30 heavy (non-hydrogen) atoms. The molecular formula is C21H18CaO6S2. The molecule has 0 heterocycles. The Morgan fingerprint density at radius 2 is 0.900 bits per heavy atom. The fraction of sp³-hybridized carbons (Fsp3) is 0.0476. The van der Waals surface area contributed by atoms with Crippen molar-refractivity contribution in [3.63, 3.8) is 0 Å². The van der Waals surface area contributed by atoms with E-state index in [-0.39, 0.29) is 62.5 Å². The van der Waals surface area contributed by atoms with Gasteiger partial charge in [0.2, 0.25) is 0 Å². The molecule has 2 N–H and O–H groups in total. The molecule has 0 aliphatic heterocycles. The Labute approximate surface area is 207 Å². The van der Waals surface area contributed by atoms with Gasteiger partial charge in [-0.3, -0.25) is 9.11 Å². The molecule has 4 rings (SSSR count). The van der Waals surface area contributed by atoms with Gasteiger partial charge in [0.05, 0.1) is 0 Å². The van der Waals surface area contributed by atoms with Crippen molar-refractivity contribution in [1.29, 1.82) is 0 Å². The van der Waals surface area contributed by atoms with Gasteiger partial charge in [0.1, 0.15) is 0 Å². The van der Waals surface area contributed by atoms with Crippen LogP contribution >= 0.6 is 0 Å². The number of rotatable bonds is 4. The first kappa shape index (κ1) is 23.1. The molecule has 0 saturated carbocycles. The van der Waals surface area contributed by atoms with E-state index in [1.165, 1.54) is 24.3 Å². The summed E-state index contributed by atoms with van der Waals surface area (Å²) in [6.07, 6.45) is 0. The first-order valence-corrected chi connectivity index (χ1v) is 11.5.